The Labute approximate surface area is 121 Å². The maximum Gasteiger partial charge on any atom is 0.306 e. The van der Waals surface area contributed by atoms with E-state index in [0.717, 1.165) is 23.5 Å². The highest BCUT2D eigenvalue weighted by molar-refractivity contribution is 7.99. The molecule has 2 saturated carbocycles. The standard InChI is InChI=1S/C15H27NO2S/c1-4-16-12-5-6-13(11(12)2)19-10-15(7-8-15)9-14(17)18-3/h11-13,16H,4-10H2,1-3H3. The molecule has 0 aromatic rings. The molecule has 0 amide bonds. The van der Waals surface area contributed by atoms with Crippen molar-refractivity contribution in [2.45, 2.75) is 57.2 Å². The van der Waals surface area contributed by atoms with Crippen molar-refractivity contribution < 1.29 is 9.53 Å². The molecular weight excluding hydrogens is 258 g/mol. The van der Waals surface area contributed by atoms with Crippen molar-refractivity contribution in [2.24, 2.45) is 11.3 Å². The first kappa shape index (κ1) is 15.2. The molecule has 0 aromatic heterocycles. The second kappa shape index (κ2) is 6.49. The Morgan fingerprint density at radius 3 is 2.74 bits per heavy atom. The smallest absolute Gasteiger partial charge is 0.306 e. The van der Waals surface area contributed by atoms with E-state index in [1.54, 1.807) is 0 Å². The zero-order valence-electron chi connectivity index (χ0n) is 12.4. The third-order valence-corrected chi connectivity index (χ3v) is 6.63. The Kier molecular flexibility index (Phi) is 5.18. The van der Waals surface area contributed by atoms with E-state index in [4.69, 9.17) is 4.74 Å². The van der Waals surface area contributed by atoms with Crippen molar-refractivity contribution in [1.82, 2.24) is 5.32 Å². The summed E-state index contributed by atoms with van der Waals surface area (Å²) < 4.78 is 4.81. The molecule has 0 aliphatic heterocycles. The fraction of sp³-hybridized carbons (Fsp3) is 0.933. The molecule has 4 heteroatoms. The van der Waals surface area contributed by atoms with Gasteiger partial charge in [-0.15, -0.1) is 0 Å². The van der Waals surface area contributed by atoms with E-state index in [-0.39, 0.29) is 11.4 Å². The molecule has 2 aliphatic rings. The van der Waals surface area contributed by atoms with Gasteiger partial charge in [0.1, 0.15) is 0 Å². The highest BCUT2D eigenvalue weighted by Gasteiger charge is 2.45. The lowest BCUT2D eigenvalue weighted by atomic mass is 10.1. The van der Waals surface area contributed by atoms with Crippen LogP contribution in [0.25, 0.3) is 0 Å². The van der Waals surface area contributed by atoms with Crippen molar-refractivity contribution >= 4 is 17.7 Å². The number of esters is 1. The first-order valence-corrected chi connectivity index (χ1v) is 8.57. The normalized spacial score (nSPS) is 32.3. The summed E-state index contributed by atoms with van der Waals surface area (Å²) in [6.07, 6.45) is 5.64. The maximum absolute atomic E-state index is 11.4. The lowest BCUT2D eigenvalue weighted by Gasteiger charge is -2.23. The van der Waals surface area contributed by atoms with Crippen LogP contribution in [0, 0.1) is 11.3 Å². The minimum absolute atomic E-state index is 0.0388. The minimum atomic E-state index is -0.0388. The highest BCUT2D eigenvalue weighted by Crippen LogP contribution is 2.53. The number of methoxy groups -OCH3 is 1. The number of carbonyl (C=O) groups is 1. The van der Waals surface area contributed by atoms with Gasteiger partial charge < -0.3 is 10.1 Å². The minimum Gasteiger partial charge on any atom is -0.469 e. The number of ether oxygens (including phenoxy) is 1. The summed E-state index contributed by atoms with van der Waals surface area (Å²) in [5.41, 5.74) is 0.272. The summed E-state index contributed by atoms with van der Waals surface area (Å²) in [6.45, 7) is 5.62. The summed E-state index contributed by atoms with van der Waals surface area (Å²) in [6, 6.07) is 0.693. The zero-order chi connectivity index (χ0) is 13.9. The monoisotopic (exact) mass is 285 g/mol. The SMILES string of the molecule is CCNC1CCC(SCC2(CC(=O)OC)CC2)C1C. The molecule has 3 nitrogen and oxygen atoms in total. The van der Waals surface area contributed by atoms with Crippen LogP contribution in [0.3, 0.4) is 0 Å². The molecule has 3 unspecified atom stereocenters. The van der Waals surface area contributed by atoms with E-state index in [2.05, 4.69) is 30.9 Å². The lowest BCUT2D eigenvalue weighted by Crippen LogP contribution is -2.33. The summed E-state index contributed by atoms with van der Waals surface area (Å²) in [5, 5.41) is 4.35. The van der Waals surface area contributed by atoms with Gasteiger partial charge in [0.2, 0.25) is 0 Å². The van der Waals surface area contributed by atoms with Crippen LogP contribution in [0.4, 0.5) is 0 Å². The molecule has 0 heterocycles. The van der Waals surface area contributed by atoms with Crippen LogP contribution >= 0.6 is 11.8 Å². The van der Waals surface area contributed by atoms with Gasteiger partial charge in [0.05, 0.1) is 13.5 Å². The quantitative estimate of drug-likeness (QED) is 0.730. The average molecular weight is 285 g/mol. The maximum atomic E-state index is 11.4. The van der Waals surface area contributed by atoms with Gasteiger partial charge in [-0.1, -0.05) is 13.8 Å². The molecule has 2 fully saturated rings. The number of hydrogen-bond acceptors (Lipinski definition) is 4. The Bertz CT molecular complexity index is 317. The fourth-order valence-electron chi connectivity index (χ4n) is 3.13. The summed E-state index contributed by atoms with van der Waals surface area (Å²) in [4.78, 5) is 11.4. The van der Waals surface area contributed by atoms with E-state index in [9.17, 15) is 4.79 Å². The van der Waals surface area contributed by atoms with Crippen molar-refractivity contribution in [3.05, 3.63) is 0 Å². The Balaban J connectivity index is 1.75. The zero-order valence-corrected chi connectivity index (χ0v) is 13.2. The van der Waals surface area contributed by atoms with Crippen LogP contribution in [-0.4, -0.2) is 36.7 Å². The Hall–Kier alpha value is -0.220. The molecule has 2 rings (SSSR count). The predicted octanol–water partition coefficient (Wildman–Crippen LogP) is 2.84. The topological polar surface area (TPSA) is 38.3 Å². The first-order valence-electron chi connectivity index (χ1n) is 7.52. The highest BCUT2D eigenvalue weighted by atomic mass is 32.2. The molecule has 0 bridgehead atoms. The largest absolute Gasteiger partial charge is 0.469 e. The molecular formula is C15H27NO2S. The molecule has 110 valence electrons. The second-order valence-corrected chi connectivity index (χ2v) is 7.43. The van der Waals surface area contributed by atoms with E-state index in [1.165, 1.54) is 32.8 Å². The Morgan fingerprint density at radius 1 is 1.42 bits per heavy atom. The van der Waals surface area contributed by atoms with Crippen molar-refractivity contribution in [2.75, 3.05) is 19.4 Å². The summed E-state index contributed by atoms with van der Waals surface area (Å²) in [7, 11) is 1.49. The molecule has 0 aromatic carbocycles. The summed E-state index contributed by atoms with van der Waals surface area (Å²) >= 11 is 2.10. The number of hydrogen-bond donors (Lipinski definition) is 1. The van der Waals surface area contributed by atoms with Gasteiger partial charge in [0.25, 0.3) is 0 Å². The van der Waals surface area contributed by atoms with E-state index < -0.39 is 0 Å². The second-order valence-electron chi connectivity index (χ2n) is 6.20. The Morgan fingerprint density at radius 2 is 2.16 bits per heavy atom. The summed E-state index contributed by atoms with van der Waals surface area (Å²) in [5.74, 6) is 1.85. The van der Waals surface area contributed by atoms with Gasteiger partial charge in [0, 0.05) is 11.3 Å². The number of carbonyl (C=O) groups excluding carboxylic acids is 1. The number of thioether (sulfide) groups is 1. The molecule has 3 atom stereocenters. The van der Waals surface area contributed by atoms with Crippen molar-refractivity contribution in [3.63, 3.8) is 0 Å². The predicted molar refractivity (Wildman–Crippen MR) is 80.4 cm³/mol. The third kappa shape index (κ3) is 3.88. The van der Waals surface area contributed by atoms with Gasteiger partial charge in [0.15, 0.2) is 0 Å². The van der Waals surface area contributed by atoms with Crippen LogP contribution in [0.2, 0.25) is 0 Å². The van der Waals surface area contributed by atoms with Crippen molar-refractivity contribution in [3.8, 4) is 0 Å². The van der Waals surface area contributed by atoms with E-state index >= 15 is 0 Å². The van der Waals surface area contributed by atoms with Gasteiger partial charge in [-0.05, 0) is 49.3 Å². The van der Waals surface area contributed by atoms with Gasteiger partial charge in [-0.2, -0.15) is 11.8 Å². The van der Waals surface area contributed by atoms with Crippen LogP contribution < -0.4 is 5.32 Å². The lowest BCUT2D eigenvalue weighted by molar-refractivity contribution is -0.141. The van der Waals surface area contributed by atoms with Crippen LogP contribution in [0.5, 0.6) is 0 Å². The fourth-order valence-corrected chi connectivity index (χ4v) is 4.88. The van der Waals surface area contributed by atoms with Gasteiger partial charge >= 0.3 is 5.97 Å². The molecule has 0 radical (unpaired) electrons. The van der Waals surface area contributed by atoms with Gasteiger partial charge in [-0.3, -0.25) is 4.79 Å². The van der Waals surface area contributed by atoms with Crippen LogP contribution in [0.1, 0.15) is 46.0 Å². The molecule has 19 heavy (non-hydrogen) atoms. The molecule has 0 saturated heterocycles. The van der Waals surface area contributed by atoms with Crippen LogP contribution in [-0.2, 0) is 9.53 Å². The molecule has 2 aliphatic carbocycles. The molecule has 0 spiro atoms. The average Bonchev–Trinajstić information content (AvgIpc) is 3.08. The van der Waals surface area contributed by atoms with E-state index in [0.29, 0.717) is 12.5 Å². The number of nitrogens with one attached hydrogen (secondary N) is 1. The van der Waals surface area contributed by atoms with Crippen molar-refractivity contribution in [1.29, 1.82) is 0 Å². The number of rotatable bonds is 7. The van der Waals surface area contributed by atoms with Crippen LogP contribution in [0.15, 0.2) is 0 Å². The first-order chi connectivity index (χ1) is 9.10. The van der Waals surface area contributed by atoms with Gasteiger partial charge in [-0.25, -0.2) is 0 Å². The third-order valence-electron chi connectivity index (χ3n) is 4.76. The molecule has 1 N–H and O–H groups in total. The van der Waals surface area contributed by atoms with E-state index in [1.807, 2.05) is 0 Å².